The van der Waals surface area contributed by atoms with Gasteiger partial charge in [-0.2, -0.15) is 0 Å². The van der Waals surface area contributed by atoms with Crippen LogP contribution in [0, 0.1) is 5.92 Å². The second-order valence-corrected chi connectivity index (χ2v) is 5.98. The Morgan fingerprint density at radius 1 is 1.28 bits per heavy atom. The fourth-order valence-corrected chi connectivity index (χ4v) is 3.23. The van der Waals surface area contributed by atoms with Crippen LogP contribution in [0.15, 0.2) is 6.20 Å². The third-order valence-electron chi connectivity index (χ3n) is 4.44. The second-order valence-electron chi connectivity index (χ2n) is 5.98. The summed E-state index contributed by atoms with van der Waals surface area (Å²) in [4.78, 5) is 7.19. The van der Waals surface area contributed by atoms with Crippen molar-refractivity contribution in [1.82, 2.24) is 14.5 Å². The van der Waals surface area contributed by atoms with E-state index in [0.29, 0.717) is 0 Å². The quantitative estimate of drug-likeness (QED) is 0.864. The van der Waals surface area contributed by atoms with E-state index in [9.17, 15) is 0 Å². The van der Waals surface area contributed by atoms with E-state index in [1.165, 1.54) is 38.0 Å². The van der Waals surface area contributed by atoms with Crippen molar-refractivity contribution < 1.29 is 0 Å². The van der Waals surface area contributed by atoms with E-state index < -0.39 is 0 Å². The summed E-state index contributed by atoms with van der Waals surface area (Å²) in [7, 11) is 2.21. The normalized spacial score (nSPS) is 26.2. The van der Waals surface area contributed by atoms with Crippen molar-refractivity contribution >= 4 is 0 Å². The average molecular weight is 248 g/mol. The van der Waals surface area contributed by atoms with Crippen LogP contribution >= 0.6 is 0 Å². The first-order chi connectivity index (χ1) is 8.72. The summed E-state index contributed by atoms with van der Waals surface area (Å²) in [6.45, 7) is 3.57. The molecule has 0 spiro atoms. The fourth-order valence-electron chi connectivity index (χ4n) is 3.23. The van der Waals surface area contributed by atoms with Crippen LogP contribution in [-0.4, -0.2) is 34.6 Å². The van der Waals surface area contributed by atoms with Crippen LogP contribution in [0.3, 0.4) is 0 Å². The van der Waals surface area contributed by atoms with E-state index in [0.717, 1.165) is 31.1 Å². The number of aromatic nitrogens is 2. The van der Waals surface area contributed by atoms with Crippen molar-refractivity contribution in [1.29, 1.82) is 0 Å². The summed E-state index contributed by atoms with van der Waals surface area (Å²) in [5, 5.41) is 0. The molecule has 0 radical (unpaired) electrons. The lowest BCUT2D eigenvalue weighted by Crippen LogP contribution is -2.31. The zero-order valence-corrected chi connectivity index (χ0v) is 11.3. The molecular formula is C14H24N4. The van der Waals surface area contributed by atoms with Gasteiger partial charge in [0.15, 0.2) is 0 Å². The summed E-state index contributed by atoms with van der Waals surface area (Å²) < 4.78 is 2.28. The molecule has 3 heterocycles. The Balaban J connectivity index is 1.66. The highest BCUT2D eigenvalue weighted by Crippen LogP contribution is 2.25. The van der Waals surface area contributed by atoms with Gasteiger partial charge >= 0.3 is 0 Å². The highest BCUT2D eigenvalue weighted by molar-refractivity contribution is 5.10. The Morgan fingerprint density at radius 3 is 2.78 bits per heavy atom. The number of fused-ring (bicyclic) bond motifs is 1. The molecular weight excluding hydrogens is 224 g/mol. The highest BCUT2D eigenvalue weighted by atomic mass is 15.1. The number of hydrogen-bond donors (Lipinski definition) is 1. The number of piperidine rings is 1. The van der Waals surface area contributed by atoms with Gasteiger partial charge in [-0.05, 0) is 58.2 Å². The standard InChI is InChI=1S/C14H24N4/c1-17-7-4-11(5-8-17)9-12-10-18-6-2-3-13(15)14(18)16-12/h10-11,13H,2-9,15H2,1H3. The lowest BCUT2D eigenvalue weighted by Gasteiger charge is -2.28. The monoisotopic (exact) mass is 248 g/mol. The van der Waals surface area contributed by atoms with Gasteiger partial charge in [0.25, 0.3) is 0 Å². The predicted octanol–water partition coefficient (Wildman–Crippen LogP) is 1.56. The first kappa shape index (κ1) is 12.2. The van der Waals surface area contributed by atoms with Crippen molar-refractivity contribution in [3.05, 3.63) is 17.7 Å². The van der Waals surface area contributed by atoms with Crippen LogP contribution in [0.25, 0.3) is 0 Å². The maximum atomic E-state index is 6.12. The Kier molecular flexibility index (Phi) is 3.39. The fraction of sp³-hybridized carbons (Fsp3) is 0.786. The van der Waals surface area contributed by atoms with E-state index in [2.05, 4.69) is 22.7 Å². The molecule has 1 saturated heterocycles. The molecule has 4 nitrogen and oxygen atoms in total. The molecule has 2 aliphatic heterocycles. The minimum Gasteiger partial charge on any atom is -0.333 e. The smallest absolute Gasteiger partial charge is 0.125 e. The van der Waals surface area contributed by atoms with Gasteiger partial charge in [-0.15, -0.1) is 0 Å². The molecule has 1 unspecified atom stereocenters. The van der Waals surface area contributed by atoms with Crippen molar-refractivity contribution in [2.45, 2.75) is 44.7 Å². The molecule has 1 fully saturated rings. The Labute approximate surface area is 109 Å². The topological polar surface area (TPSA) is 47.1 Å². The van der Waals surface area contributed by atoms with E-state index in [4.69, 9.17) is 10.7 Å². The van der Waals surface area contributed by atoms with Gasteiger partial charge in [-0.1, -0.05) is 0 Å². The van der Waals surface area contributed by atoms with Crippen LogP contribution in [0.2, 0.25) is 0 Å². The van der Waals surface area contributed by atoms with Crippen LogP contribution in [0.4, 0.5) is 0 Å². The van der Waals surface area contributed by atoms with Crippen molar-refractivity contribution in [3.63, 3.8) is 0 Å². The molecule has 18 heavy (non-hydrogen) atoms. The van der Waals surface area contributed by atoms with Crippen molar-refractivity contribution in [2.24, 2.45) is 11.7 Å². The highest BCUT2D eigenvalue weighted by Gasteiger charge is 2.22. The SMILES string of the molecule is CN1CCC(Cc2cn3c(n2)C(N)CCC3)CC1. The third-order valence-corrected chi connectivity index (χ3v) is 4.44. The van der Waals surface area contributed by atoms with Crippen molar-refractivity contribution in [2.75, 3.05) is 20.1 Å². The van der Waals surface area contributed by atoms with E-state index >= 15 is 0 Å². The molecule has 0 amide bonds. The lowest BCUT2D eigenvalue weighted by molar-refractivity contribution is 0.218. The van der Waals surface area contributed by atoms with Gasteiger partial charge in [-0.25, -0.2) is 4.98 Å². The van der Waals surface area contributed by atoms with E-state index in [1.54, 1.807) is 0 Å². The predicted molar refractivity (Wildman–Crippen MR) is 72.3 cm³/mol. The molecule has 4 heteroatoms. The van der Waals surface area contributed by atoms with Gasteiger partial charge in [0.05, 0.1) is 11.7 Å². The first-order valence-corrected chi connectivity index (χ1v) is 7.22. The zero-order chi connectivity index (χ0) is 12.5. The number of nitrogens with zero attached hydrogens (tertiary/aromatic N) is 3. The van der Waals surface area contributed by atoms with Gasteiger partial charge in [0.2, 0.25) is 0 Å². The first-order valence-electron chi connectivity index (χ1n) is 7.22. The molecule has 0 aromatic carbocycles. The molecule has 3 rings (SSSR count). The van der Waals surface area contributed by atoms with E-state index in [1.807, 2.05) is 0 Å². The Bertz CT molecular complexity index is 404. The number of imidazole rings is 1. The van der Waals surface area contributed by atoms with Crippen LogP contribution in [-0.2, 0) is 13.0 Å². The minimum absolute atomic E-state index is 0.157. The van der Waals surface area contributed by atoms with Crippen LogP contribution < -0.4 is 5.73 Å². The molecule has 0 bridgehead atoms. The summed E-state index contributed by atoms with van der Waals surface area (Å²) in [6, 6.07) is 0.157. The zero-order valence-electron chi connectivity index (χ0n) is 11.3. The minimum atomic E-state index is 0.157. The van der Waals surface area contributed by atoms with Crippen LogP contribution in [0.5, 0.6) is 0 Å². The average Bonchev–Trinajstić information content (AvgIpc) is 2.76. The molecule has 1 aromatic rings. The molecule has 0 saturated carbocycles. The molecule has 2 aliphatic rings. The number of hydrogen-bond acceptors (Lipinski definition) is 3. The number of likely N-dealkylation sites (tertiary alicyclic amines) is 1. The summed E-state index contributed by atoms with van der Waals surface area (Å²) in [5.74, 6) is 1.93. The summed E-state index contributed by atoms with van der Waals surface area (Å²) >= 11 is 0. The maximum Gasteiger partial charge on any atom is 0.125 e. The van der Waals surface area contributed by atoms with Gasteiger partial charge in [-0.3, -0.25) is 0 Å². The molecule has 1 aromatic heterocycles. The largest absolute Gasteiger partial charge is 0.333 e. The summed E-state index contributed by atoms with van der Waals surface area (Å²) in [6.07, 6.45) is 8.28. The molecule has 100 valence electrons. The lowest BCUT2D eigenvalue weighted by atomic mass is 9.93. The number of aryl methyl sites for hydroxylation is 1. The Morgan fingerprint density at radius 2 is 2.06 bits per heavy atom. The Hall–Kier alpha value is -0.870. The molecule has 0 aliphatic carbocycles. The van der Waals surface area contributed by atoms with E-state index in [-0.39, 0.29) is 6.04 Å². The summed E-state index contributed by atoms with van der Waals surface area (Å²) in [5.41, 5.74) is 7.38. The molecule has 2 N–H and O–H groups in total. The number of nitrogens with two attached hydrogens (primary N) is 1. The van der Waals surface area contributed by atoms with Gasteiger partial charge < -0.3 is 15.2 Å². The van der Waals surface area contributed by atoms with Gasteiger partial charge in [0, 0.05) is 12.7 Å². The number of rotatable bonds is 2. The van der Waals surface area contributed by atoms with Gasteiger partial charge in [0.1, 0.15) is 5.82 Å². The van der Waals surface area contributed by atoms with Crippen LogP contribution in [0.1, 0.15) is 43.2 Å². The third kappa shape index (κ3) is 2.45. The second kappa shape index (κ2) is 5.02. The van der Waals surface area contributed by atoms with Crippen molar-refractivity contribution in [3.8, 4) is 0 Å². The molecule has 1 atom stereocenters. The maximum absolute atomic E-state index is 6.12.